The fourth-order valence-corrected chi connectivity index (χ4v) is 2.62. The van der Waals surface area contributed by atoms with Crippen molar-refractivity contribution in [2.45, 2.75) is 20.1 Å². The Kier molecular flexibility index (Phi) is 6.85. The first-order valence-corrected chi connectivity index (χ1v) is 8.35. The lowest BCUT2D eigenvalue weighted by atomic mass is 10.2. The van der Waals surface area contributed by atoms with Crippen LogP contribution >= 0.6 is 34.8 Å². The topological polar surface area (TPSA) is 30.5 Å². The molecule has 0 radical (unpaired) electrons. The Labute approximate surface area is 151 Å². The van der Waals surface area contributed by atoms with Gasteiger partial charge in [0.2, 0.25) is 0 Å². The lowest BCUT2D eigenvalue weighted by molar-refractivity contribution is 0.269. The summed E-state index contributed by atoms with van der Waals surface area (Å²) in [6.07, 6.45) is 0. The van der Waals surface area contributed by atoms with Gasteiger partial charge in [0.25, 0.3) is 0 Å². The van der Waals surface area contributed by atoms with Crippen molar-refractivity contribution in [2.75, 3.05) is 13.7 Å². The summed E-state index contributed by atoms with van der Waals surface area (Å²) >= 11 is 18.2. The summed E-state index contributed by atoms with van der Waals surface area (Å²) in [6, 6.07) is 9.06. The minimum absolute atomic E-state index is 0.346. The molecule has 124 valence electrons. The molecule has 0 amide bonds. The Morgan fingerprint density at radius 1 is 0.913 bits per heavy atom. The van der Waals surface area contributed by atoms with Crippen molar-refractivity contribution < 1.29 is 9.47 Å². The van der Waals surface area contributed by atoms with Crippen LogP contribution in [0.4, 0.5) is 0 Å². The first kappa shape index (κ1) is 18.2. The van der Waals surface area contributed by atoms with Crippen LogP contribution in [0.25, 0.3) is 0 Å². The molecule has 0 aliphatic carbocycles. The molecule has 0 aliphatic heterocycles. The van der Waals surface area contributed by atoms with Crippen molar-refractivity contribution >= 4 is 34.8 Å². The summed E-state index contributed by atoms with van der Waals surface area (Å²) in [5, 5.41) is 4.73. The number of hydrogen-bond donors (Lipinski definition) is 1. The van der Waals surface area contributed by atoms with Gasteiger partial charge < -0.3 is 14.8 Å². The largest absolute Gasteiger partial charge is 0.490 e. The fraction of sp³-hybridized carbons (Fsp3) is 0.294. The number of halogens is 3. The zero-order chi connectivity index (χ0) is 16.8. The highest BCUT2D eigenvalue weighted by Crippen LogP contribution is 2.34. The molecule has 23 heavy (non-hydrogen) atoms. The molecule has 0 unspecified atom stereocenters. The Morgan fingerprint density at radius 2 is 1.65 bits per heavy atom. The van der Waals surface area contributed by atoms with E-state index in [1.165, 1.54) is 0 Å². The molecule has 2 aromatic rings. The minimum atomic E-state index is 0.346. The Hall–Kier alpha value is -1.13. The molecule has 0 bridgehead atoms. The van der Waals surface area contributed by atoms with Gasteiger partial charge in [-0.05, 0) is 43.3 Å². The van der Waals surface area contributed by atoms with Crippen molar-refractivity contribution in [1.82, 2.24) is 5.32 Å². The van der Waals surface area contributed by atoms with E-state index in [1.807, 2.05) is 26.1 Å². The predicted molar refractivity (Wildman–Crippen MR) is 96.2 cm³/mol. The zero-order valence-electron chi connectivity index (χ0n) is 13.0. The normalized spacial score (nSPS) is 10.7. The van der Waals surface area contributed by atoms with E-state index < -0.39 is 0 Å². The molecule has 0 aromatic heterocycles. The predicted octanol–water partition coefficient (Wildman–Crippen LogP) is 5.34. The van der Waals surface area contributed by atoms with Crippen LogP contribution in [0, 0.1) is 0 Å². The standard InChI is InChI=1S/C17H18Cl3NO2/c1-3-22-16-7-12(9-21-2)14(19)8-17(16)23-10-11-4-5-13(18)15(20)6-11/h4-8,21H,3,9-10H2,1-2H3. The Morgan fingerprint density at radius 3 is 2.30 bits per heavy atom. The fourth-order valence-electron chi connectivity index (χ4n) is 2.07. The van der Waals surface area contributed by atoms with E-state index in [0.717, 1.165) is 11.1 Å². The van der Waals surface area contributed by atoms with Gasteiger partial charge in [0.15, 0.2) is 11.5 Å². The van der Waals surface area contributed by atoms with Crippen molar-refractivity contribution in [3.8, 4) is 11.5 Å². The van der Waals surface area contributed by atoms with Gasteiger partial charge in [-0.2, -0.15) is 0 Å². The van der Waals surface area contributed by atoms with Crippen LogP contribution in [0.15, 0.2) is 30.3 Å². The van der Waals surface area contributed by atoms with Gasteiger partial charge in [-0.25, -0.2) is 0 Å². The Bertz CT molecular complexity index is 677. The van der Waals surface area contributed by atoms with Crippen molar-refractivity contribution in [2.24, 2.45) is 0 Å². The maximum absolute atomic E-state index is 6.29. The number of rotatable bonds is 7. The van der Waals surface area contributed by atoms with Gasteiger partial charge in [-0.1, -0.05) is 40.9 Å². The highest BCUT2D eigenvalue weighted by Gasteiger charge is 2.11. The highest BCUT2D eigenvalue weighted by molar-refractivity contribution is 6.42. The summed E-state index contributed by atoms with van der Waals surface area (Å²) in [6.45, 7) is 3.48. The van der Waals surface area contributed by atoms with Crippen molar-refractivity contribution in [3.63, 3.8) is 0 Å². The van der Waals surface area contributed by atoms with Crippen molar-refractivity contribution in [3.05, 3.63) is 56.5 Å². The molecule has 0 heterocycles. The molecule has 0 saturated heterocycles. The summed E-state index contributed by atoms with van der Waals surface area (Å²) in [5.41, 5.74) is 1.87. The number of benzene rings is 2. The third-order valence-electron chi connectivity index (χ3n) is 3.16. The molecule has 6 heteroatoms. The second-order valence-corrected chi connectivity index (χ2v) is 6.11. The average molecular weight is 375 g/mol. The average Bonchev–Trinajstić information content (AvgIpc) is 2.52. The third kappa shape index (κ3) is 4.92. The van der Waals surface area contributed by atoms with E-state index in [4.69, 9.17) is 44.3 Å². The van der Waals surface area contributed by atoms with E-state index in [9.17, 15) is 0 Å². The molecule has 2 aromatic carbocycles. The van der Waals surface area contributed by atoms with Gasteiger partial charge >= 0.3 is 0 Å². The van der Waals surface area contributed by atoms with Gasteiger partial charge in [-0.15, -0.1) is 0 Å². The van der Waals surface area contributed by atoms with E-state index >= 15 is 0 Å². The quantitative estimate of drug-likeness (QED) is 0.709. The molecule has 2 rings (SSSR count). The molecule has 0 fully saturated rings. The molecule has 0 saturated carbocycles. The second-order valence-electron chi connectivity index (χ2n) is 4.89. The van der Waals surface area contributed by atoms with Crippen LogP contribution in [0.2, 0.25) is 15.1 Å². The second kappa shape index (κ2) is 8.65. The lowest BCUT2D eigenvalue weighted by Crippen LogP contribution is -2.07. The summed E-state index contributed by atoms with van der Waals surface area (Å²) in [5.74, 6) is 1.27. The van der Waals surface area contributed by atoms with Crippen LogP contribution in [-0.4, -0.2) is 13.7 Å². The van der Waals surface area contributed by atoms with Crippen molar-refractivity contribution in [1.29, 1.82) is 0 Å². The molecule has 0 spiro atoms. The summed E-state index contributed by atoms with van der Waals surface area (Å²) < 4.78 is 11.5. The van der Waals surface area contributed by atoms with Crippen LogP contribution in [0.5, 0.6) is 11.5 Å². The maximum atomic E-state index is 6.29. The molecule has 3 nitrogen and oxygen atoms in total. The van der Waals surface area contributed by atoms with E-state index in [0.29, 0.717) is 46.3 Å². The molecular formula is C17H18Cl3NO2. The number of hydrogen-bond acceptors (Lipinski definition) is 3. The first-order chi connectivity index (χ1) is 11.0. The number of ether oxygens (including phenoxy) is 2. The number of nitrogens with one attached hydrogen (secondary N) is 1. The van der Waals surface area contributed by atoms with E-state index in [1.54, 1.807) is 18.2 Å². The molecular weight excluding hydrogens is 357 g/mol. The Balaban J connectivity index is 2.20. The first-order valence-electron chi connectivity index (χ1n) is 7.21. The lowest BCUT2D eigenvalue weighted by Gasteiger charge is -2.15. The molecule has 0 atom stereocenters. The van der Waals surface area contributed by atoms with Crippen LogP contribution in [0.3, 0.4) is 0 Å². The zero-order valence-corrected chi connectivity index (χ0v) is 15.2. The van der Waals surface area contributed by atoms with Gasteiger partial charge in [-0.3, -0.25) is 0 Å². The van der Waals surface area contributed by atoms with Crippen LogP contribution in [-0.2, 0) is 13.2 Å². The van der Waals surface area contributed by atoms with Gasteiger partial charge in [0, 0.05) is 17.6 Å². The van der Waals surface area contributed by atoms with Gasteiger partial charge in [0.05, 0.1) is 16.7 Å². The van der Waals surface area contributed by atoms with Gasteiger partial charge in [0.1, 0.15) is 6.61 Å². The SMILES string of the molecule is CCOc1cc(CNC)c(Cl)cc1OCc1ccc(Cl)c(Cl)c1. The van der Waals surface area contributed by atoms with Crippen LogP contribution < -0.4 is 14.8 Å². The monoisotopic (exact) mass is 373 g/mol. The van der Waals surface area contributed by atoms with E-state index in [-0.39, 0.29) is 0 Å². The summed E-state index contributed by atoms with van der Waals surface area (Å²) in [4.78, 5) is 0. The van der Waals surface area contributed by atoms with Crippen LogP contribution in [0.1, 0.15) is 18.1 Å². The third-order valence-corrected chi connectivity index (χ3v) is 4.25. The maximum Gasteiger partial charge on any atom is 0.163 e. The molecule has 0 aliphatic rings. The molecule has 1 N–H and O–H groups in total. The smallest absolute Gasteiger partial charge is 0.163 e. The summed E-state index contributed by atoms with van der Waals surface area (Å²) in [7, 11) is 1.87. The minimum Gasteiger partial charge on any atom is -0.490 e. The van der Waals surface area contributed by atoms with E-state index in [2.05, 4.69) is 5.32 Å². The highest BCUT2D eigenvalue weighted by atomic mass is 35.5.